The number of phenolic OH excluding ortho intramolecular Hbond substituents is 1. The van der Waals surface area contributed by atoms with Crippen molar-refractivity contribution in [2.75, 3.05) is 0 Å². The van der Waals surface area contributed by atoms with Crippen molar-refractivity contribution in [2.24, 2.45) is 0 Å². The largest absolute Gasteiger partial charge is 0.870 e. The molecule has 0 atom stereocenters. The lowest BCUT2D eigenvalue weighted by Gasteiger charge is -2.12. The first-order valence-corrected chi connectivity index (χ1v) is 3.71. The molecule has 0 bridgehead atoms. The monoisotopic (exact) mass is 211 g/mol. The fourth-order valence-corrected chi connectivity index (χ4v) is 1.15. The van der Waals surface area contributed by atoms with E-state index in [9.17, 15) is 5.11 Å². The molecule has 0 radical (unpaired) electrons. The maximum atomic E-state index is 10.9. The molecule has 0 unspecified atom stereocenters. The molecule has 0 aliphatic heterocycles. The molecule has 0 fully saturated rings. The van der Waals surface area contributed by atoms with Gasteiger partial charge in [0.15, 0.2) is 0 Å². The highest BCUT2D eigenvalue weighted by Gasteiger charge is 2.06. The first kappa shape index (κ1) is 8.78. The van der Waals surface area contributed by atoms with E-state index in [4.69, 9.17) is 39.9 Å². The van der Waals surface area contributed by atoms with Crippen LogP contribution < -0.4 is 5.11 Å². The lowest BCUT2D eigenvalue weighted by molar-refractivity contribution is -0.268. The summed E-state index contributed by atoms with van der Waals surface area (Å²) >= 11 is 16.2. The van der Waals surface area contributed by atoms with Crippen LogP contribution in [-0.2, 0) is 0 Å². The Morgan fingerprint density at radius 1 is 1.18 bits per heavy atom. The molecule has 5 heteroatoms. The van der Waals surface area contributed by atoms with E-state index in [-0.39, 0.29) is 20.8 Å². The lowest BCUT2D eigenvalue weighted by atomic mass is 10.3. The molecular weight excluding hydrogens is 210 g/mol. The van der Waals surface area contributed by atoms with Crippen molar-refractivity contribution in [1.82, 2.24) is 0 Å². The van der Waals surface area contributed by atoms with Crippen LogP contribution in [0.5, 0.6) is 11.5 Å². The SMILES string of the molecule is [O-]c1c(Cl)cc(O)c(Cl)c1Cl. The van der Waals surface area contributed by atoms with E-state index in [1.54, 1.807) is 0 Å². The third kappa shape index (κ3) is 1.48. The molecule has 0 saturated carbocycles. The molecule has 0 aliphatic rings. The van der Waals surface area contributed by atoms with Gasteiger partial charge in [0.05, 0.1) is 5.02 Å². The molecular formula is C6H2Cl3O2-. The molecule has 0 spiro atoms. The molecule has 0 aliphatic carbocycles. The zero-order chi connectivity index (χ0) is 8.59. The summed E-state index contributed by atoms with van der Waals surface area (Å²) in [4.78, 5) is 0. The van der Waals surface area contributed by atoms with Gasteiger partial charge in [-0.05, 0) is 6.07 Å². The van der Waals surface area contributed by atoms with Crippen LogP contribution in [0.2, 0.25) is 15.1 Å². The molecule has 1 aromatic carbocycles. The molecule has 11 heavy (non-hydrogen) atoms. The topological polar surface area (TPSA) is 43.3 Å². The second kappa shape index (κ2) is 2.97. The van der Waals surface area contributed by atoms with Gasteiger partial charge in [0.2, 0.25) is 0 Å². The molecule has 1 rings (SSSR count). The summed E-state index contributed by atoms with van der Waals surface area (Å²) in [6, 6.07) is 1.05. The van der Waals surface area contributed by atoms with E-state index in [1.807, 2.05) is 0 Å². The average molecular weight is 212 g/mol. The van der Waals surface area contributed by atoms with Gasteiger partial charge in [-0.25, -0.2) is 0 Å². The maximum absolute atomic E-state index is 10.9. The molecule has 1 N–H and O–H groups in total. The van der Waals surface area contributed by atoms with Crippen LogP contribution in [0.4, 0.5) is 0 Å². The number of rotatable bonds is 0. The smallest absolute Gasteiger partial charge is 0.137 e. The van der Waals surface area contributed by atoms with E-state index in [0.29, 0.717) is 0 Å². The molecule has 2 nitrogen and oxygen atoms in total. The van der Waals surface area contributed by atoms with Crippen molar-refractivity contribution in [3.63, 3.8) is 0 Å². The molecule has 0 heterocycles. The summed E-state index contributed by atoms with van der Waals surface area (Å²) < 4.78 is 0. The van der Waals surface area contributed by atoms with Crippen LogP contribution in [0.15, 0.2) is 6.07 Å². The number of aromatic hydroxyl groups is 1. The van der Waals surface area contributed by atoms with E-state index in [0.717, 1.165) is 6.07 Å². The predicted molar refractivity (Wildman–Crippen MR) is 42.6 cm³/mol. The highest BCUT2D eigenvalue weighted by Crippen LogP contribution is 2.40. The van der Waals surface area contributed by atoms with Crippen LogP contribution in [0.1, 0.15) is 0 Å². The van der Waals surface area contributed by atoms with Crippen molar-refractivity contribution in [2.45, 2.75) is 0 Å². The number of hydrogen-bond donors (Lipinski definition) is 1. The standard InChI is InChI=1S/C6H3Cl3O2/c7-2-1-3(10)4(8)5(9)6(2)11/h1,10-11H/p-1. The van der Waals surface area contributed by atoms with Gasteiger partial charge < -0.3 is 10.2 Å². The summed E-state index contributed by atoms with van der Waals surface area (Å²) in [5.41, 5.74) is 0. The van der Waals surface area contributed by atoms with Gasteiger partial charge in [0.1, 0.15) is 10.8 Å². The fraction of sp³-hybridized carbons (Fsp3) is 0. The van der Waals surface area contributed by atoms with Crippen molar-refractivity contribution in [3.05, 3.63) is 21.1 Å². The molecule has 0 aromatic heterocycles. The van der Waals surface area contributed by atoms with E-state index in [1.165, 1.54) is 0 Å². The Labute approximate surface area is 77.9 Å². The van der Waals surface area contributed by atoms with Crippen molar-refractivity contribution < 1.29 is 10.2 Å². The van der Waals surface area contributed by atoms with Crippen LogP contribution in [0, 0.1) is 0 Å². The van der Waals surface area contributed by atoms with Gasteiger partial charge in [-0.2, -0.15) is 0 Å². The maximum Gasteiger partial charge on any atom is 0.137 e. The van der Waals surface area contributed by atoms with Gasteiger partial charge in [-0.3, -0.25) is 0 Å². The number of phenols is 1. The van der Waals surface area contributed by atoms with E-state index < -0.39 is 5.75 Å². The quantitative estimate of drug-likeness (QED) is 0.671. The fourth-order valence-electron chi connectivity index (χ4n) is 0.566. The Morgan fingerprint density at radius 2 is 1.73 bits per heavy atom. The summed E-state index contributed by atoms with van der Waals surface area (Å²) in [7, 11) is 0. The van der Waals surface area contributed by atoms with Crippen LogP contribution in [0.3, 0.4) is 0 Å². The Hall–Kier alpha value is -0.310. The summed E-state index contributed by atoms with van der Waals surface area (Å²) in [5.74, 6) is -0.864. The predicted octanol–water partition coefficient (Wildman–Crippen LogP) is 2.43. The first-order chi connectivity index (χ1) is 5.04. The second-order valence-corrected chi connectivity index (χ2v) is 3.00. The highest BCUT2D eigenvalue weighted by atomic mass is 35.5. The third-order valence-corrected chi connectivity index (χ3v) is 2.22. The zero-order valence-corrected chi connectivity index (χ0v) is 7.33. The second-order valence-electron chi connectivity index (χ2n) is 1.83. The molecule has 60 valence electrons. The molecule has 0 amide bonds. The number of halogens is 3. The van der Waals surface area contributed by atoms with Gasteiger partial charge >= 0.3 is 0 Å². The minimum absolute atomic E-state index is 0.142. The number of benzene rings is 1. The number of hydrogen-bond acceptors (Lipinski definition) is 2. The van der Waals surface area contributed by atoms with E-state index in [2.05, 4.69) is 0 Å². The van der Waals surface area contributed by atoms with Crippen LogP contribution in [-0.4, -0.2) is 5.11 Å². The Kier molecular flexibility index (Phi) is 2.37. The minimum atomic E-state index is -0.573. The van der Waals surface area contributed by atoms with Crippen molar-refractivity contribution in [1.29, 1.82) is 0 Å². The average Bonchev–Trinajstić information content (AvgIpc) is 1.97. The Morgan fingerprint density at radius 3 is 2.27 bits per heavy atom. The van der Waals surface area contributed by atoms with Crippen LogP contribution >= 0.6 is 34.8 Å². The van der Waals surface area contributed by atoms with Crippen LogP contribution in [0.25, 0.3) is 0 Å². The third-order valence-electron chi connectivity index (χ3n) is 1.10. The highest BCUT2D eigenvalue weighted by molar-refractivity contribution is 6.45. The Bertz CT molecular complexity index is 272. The van der Waals surface area contributed by atoms with Crippen molar-refractivity contribution >= 4 is 34.8 Å². The van der Waals surface area contributed by atoms with Gasteiger partial charge in [-0.1, -0.05) is 40.6 Å². The van der Waals surface area contributed by atoms with Gasteiger partial charge in [0.25, 0.3) is 0 Å². The summed E-state index contributed by atoms with van der Waals surface area (Å²) in [6.45, 7) is 0. The summed E-state index contributed by atoms with van der Waals surface area (Å²) in [5, 5.41) is 19.3. The van der Waals surface area contributed by atoms with Gasteiger partial charge in [0, 0.05) is 5.02 Å². The molecule has 1 aromatic rings. The van der Waals surface area contributed by atoms with Crippen molar-refractivity contribution in [3.8, 4) is 11.5 Å². The zero-order valence-electron chi connectivity index (χ0n) is 5.07. The van der Waals surface area contributed by atoms with E-state index >= 15 is 0 Å². The van der Waals surface area contributed by atoms with Gasteiger partial charge in [-0.15, -0.1) is 0 Å². The Balaban J connectivity index is 3.46. The minimum Gasteiger partial charge on any atom is -0.870 e. The first-order valence-electron chi connectivity index (χ1n) is 2.57. The summed E-state index contributed by atoms with van der Waals surface area (Å²) in [6.07, 6.45) is 0. The lowest BCUT2D eigenvalue weighted by Crippen LogP contribution is -1.92. The molecule has 0 saturated heterocycles. The normalized spacial score (nSPS) is 10.1.